The molecule has 0 N–H and O–H groups in total. The normalized spacial score (nSPS) is 20.3. The molecule has 5 rings (SSSR count). The molecule has 0 aliphatic heterocycles. The highest BCUT2D eigenvalue weighted by molar-refractivity contribution is 5.88. The fourth-order valence-electron chi connectivity index (χ4n) is 4.53. The van der Waals surface area contributed by atoms with E-state index in [1.807, 2.05) is 0 Å². The first-order valence-corrected chi connectivity index (χ1v) is 9.63. The largest absolute Gasteiger partial charge is 0.0760 e. The van der Waals surface area contributed by atoms with Crippen molar-refractivity contribution in [2.45, 2.75) is 12.8 Å². The monoisotopic (exact) mass is 346 g/mol. The van der Waals surface area contributed by atoms with Gasteiger partial charge in [-0.15, -0.1) is 0 Å². The Morgan fingerprint density at radius 2 is 1.44 bits per heavy atom. The maximum Gasteiger partial charge on any atom is 0.0199 e. The molecule has 0 radical (unpaired) electrons. The fraction of sp³-hybridized carbons (Fsp3) is 0.111. The van der Waals surface area contributed by atoms with Crippen molar-refractivity contribution in [3.05, 3.63) is 137 Å². The average molecular weight is 346 g/mol. The molecular weight excluding hydrogens is 324 g/mol. The van der Waals surface area contributed by atoms with Gasteiger partial charge >= 0.3 is 0 Å². The second-order valence-electron chi connectivity index (χ2n) is 7.44. The Bertz CT molecular complexity index is 1060. The molecule has 0 amide bonds. The average Bonchev–Trinajstić information content (AvgIpc) is 2.73. The molecule has 0 nitrogen and oxygen atoms in total. The van der Waals surface area contributed by atoms with Gasteiger partial charge in [-0.05, 0) is 40.3 Å². The molecule has 27 heavy (non-hydrogen) atoms. The van der Waals surface area contributed by atoms with E-state index in [1.54, 1.807) is 0 Å². The van der Waals surface area contributed by atoms with Crippen molar-refractivity contribution in [1.29, 1.82) is 0 Å². The Kier molecular flexibility index (Phi) is 3.90. The zero-order valence-electron chi connectivity index (χ0n) is 15.5. The summed E-state index contributed by atoms with van der Waals surface area (Å²) in [4.78, 5) is 0. The molecule has 2 aliphatic carbocycles. The van der Waals surface area contributed by atoms with Crippen LogP contribution >= 0.6 is 0 Å². The first-order chi connectivity index (χ1) is 13.3. The van der Waals surface area contributed by atoms with E-state index in [1.165, 1.54) is 39.0 Å². The minimum atomic E-state index is 0.354. The summed E-state index contributed by atoms with van der Waals surface area (Å²) in [5, 5.41) is 0. The second-order valence-corrected chi connectivity index (χ2v) is 7.44. The van der Waals surface area contributed by atoms with Gasteiger partial charge in [0.05, 0.1) is 0 Å². The summed E-state index contributed by atoms with van der Waals surface area (Å²) in [6.45, 7) is 2.15. The van der Waals surface area contributed by atoms with Crippen LogP contribution in [0.3, 0.4) is 0 Å². The van der Waals surface area contributed by atoms with Crippen molar-refractivity contribution in [2.75, 3.05) is 0 Å². The molecule has 0 spiro atoms. The van der Waals surface area contributed by atoms with Gasteiger partial charge in [0.15, 0.2) is 0 Å². The molecule has 2 aliphatic rings. The van der Waals surface area contributed by atoms with Gasteiger partial charge < -0.3 is 0 Å². The number of hydrogen-bond donors (Lipinski definition) is 0. The molecule has 2 atom stereocenters. The molecule has 0 saturated heterocycles. The number of fused-ring (bicyclic) bond motifs is 2. The Balaban J connectivity index is 1.79. The lowest BCUT2D eigenvalue weighted by molar-refractivity contribution is 0.649. The number of benzene rings is 3. The van der Waals surface area contributed by atoms with Crippen LogP contribution in [0.2, 0.25) is 0 Å². The second kappa shape index (κ2) is 6.55. The van der Waals surface area contributed by atoms with Crippen molar-refractivity contribution in [1.82, 2.24) is 0 Å². The van der Waals surface area contributed by atoms with E-state index in [0.29, 0.717) is 11.8 Å². The standard InChI is InChI=1S/C27H22/c1-19-15-17-21(18-16-19)27-24-13-7-5-11-22(24)26(20-9-3-2-4-10-20)23-12-6-8-14-25(23)27/h2-18,22,26H,1H3. The number of allylic oxidation sites excluding steroid dienone is 5. The lowest BCUT2D eigenvalue weighted by atomic mass is 9.66. The van der Waals surface area contributed by atoms with E-state index in [9.17, 15) is 0 Å². The minimum absolute atomic E-state index is 0.354. The van der Waals surface area contributed by atoms with E-state index < -0.39 is 0 Å². The third-order valence-corrected chi connectivity index (χ3v) is 5.78. The summed E-state index contributed by atoms with van der Waals surface area (Å²) in [5.41, 5.74) is 9.58. The van der Waals surface area contributed by atoms with E-state index >= 15 is 0 Å². The Morgan fingerprint density at radius 1 is 0.704 bits per heavy atom. The highest BCUT2D eigenvalue weighted by atomic mass is 14.4. The van der Waals surface area contributed by atoms with Gasteiger partial charge in [-0.2, -0.15) is 0 Å². The minimum Gasteiger partial charge on any atom is -0.0760 e. The number of hydrogen-bond acceptors (Lipinski definition) is 0. The summed E-state index contributed by atoms with van der Waals surface area (Å²) in [6, 6.07) is 28.8. The van der Waals surface area contributed by atoms with Crippen LogP contribution in [0.25, 0.3) is 5.57 Å². The van der Waals surface area contributed by atoms with Gasteiger partial charge in [-0.1, -0.05) is 109 Å². The Morgan fingerprint density at radius 3 is 2.26 bits per heavy atom. The van der Waals surface area contributed by atoms with Gasteiger partial charge in [-0.25, -0.2) is 0 Å². The highest BCUT2D eigenvalue weighted by Gasteiger charge is 2.34. The van der Waals surface area contributed by atoms with Crippen LogP contribution in [0.4, 0.5) is 0 Å². The van der Waals surface area contributed by atoms with Gasteiger partial charge in [0.1, 0.15) is 0 Å². The van der Waals surface area contributed by atoms with Crippen LogP contribution in [-0.4, -0.2) is 0 Å². The van der Waals surface area contributed by atoms with Crippen molar-refractivity contribution < 1.29 is 0 Å². The fourth-order valence-corrected chi connectivity index (χ4v) is 4.53. The predicted molar refractivity (Wildman–Crippen MR) is 114 cm³/mol. The topological polar surface area (TPSA) is 0 Å². The van der Waals surface area contributed by atoms with Gasteiger partial charge in [0, 0.05) is 11.8 Å². The van der Waals surface area contributed by atoms with E-state index in [-0.39, 0.29) is 0 Å². The molecule has 2 unspecified atom stereocenters. The zero-order valence-corrected chi connectivity index (χ0v) is 15.5. The van der Waals surface area contributed by atoms with Crippen LogP contribution < -0.4 is 0 Å². The summed E-state index contributed by atoms with van der Waals surface area (Å²) in [6.07, 6.45) is 9.06. The molecular formula is C27H22. The van der Waals surface area contributed by atoms with E-state index in [0.717, 1.165) is 0 Å². The zero-order chi connectivity index (χ0) is 18.2. The summed E-state index contributed by atoms with van der Waals surface area (Å²) >= 11 is 0. The van der Waals surface area contributed by atoms with Crippen molar-refractivity contribution >= 4 is 5.57 Å². The van der Waals surface area contributed by atoms with E-state index in [4.69, 9.17) is 0 Å². The molecule has 3 aromatic rings. The molecule has 0 heteroatoms. The van der Waals surface area contributed by atoms with Crippen molar-refractivity contribution in [2.24, 2.45) is 5.92 Å². The lowest BCUT2D eigenvalue weighted by Crippen LogP contribution is -2.22. The molecule has 0 saturated carbocycles. The Hall–Kier alpha value is -3.12. The third-order valence-electron chi connectivity index (χ3n) is 5.78. The molecule has 130 valence electrons. The SMILES string of the molecule is Cc1ccc(C2=C3C=CC=CC3C(c3ccccc3)c3ccccc32)cc1. The third kappa shape index (κ3) is 2.69. The Labute approximate surface area is 161 Å². The molecule has 0 bridgehead atoms. The van der Waals surface area contributed by atoms with Crippen molar-refractivity contribution in [3.63, 3.8) is 0 Å². The highest BCUT2D eigenvalue weighted by Crippen LogP contribution is 2.49. The predicted octanol–water partition coefficient (Wildman–Crippen LogP) is 6.68. The number of rotatable bonds is 2. The molecule has 0 aromatic heterocycles. The van der Waals surface area contributed by atoms with Gasteiger partial charge in [0.2, 0.25) is 0 Å². The quantitative estimate of drug-likeness (QED) is 0.485. The van der Waals surface area contributed by atoms with Crippen LogP contribution in [0.5, 0.6) is 0 Å². The van der Waals surface area contributed by atoms with Gasteiger partial charge in [-0.3, -0.25) is 0 Å². The summed E-state index contributed by atoms with van der Waals surface area (Å²) in [7, 11) is 0. The first-order valence-electron chi connectivity index (χ1n) is 9.63. The van der Waals surface area contributed by atoms with Gasteiger partial charge in [0.25, 0.3) is 0 Å². The molecule has 0 fully saturated rings. The first kappa shape index (κ1) is 16.1. The van der Waals surface area contributed by atoms with Crippen LogP contribution in [0.1, 0.15) is 33.7 Å². The van der Waals surface area contributed by atoms with Crippen LogP contribution in [0, 0.1) is 12.8 Å². The molecule has 3 aromatic carbocycles. The number of aryl methyl sites for hydroxylation is 1. The van der Waals surface area contributed by atoms with Crippen LogP contribution in [0.15, 0.2) is 109 Å². The molecule has 0 heterocycles. The maximum atomic E-state index is 2.37. The van der Waals surface area contributed by atoms with Crippen molar-refractivity contribution in [3.8, 4) is 0 Å². The van der Waals surface area contributed by atoms with Crippen LogP contribution in [-0.2, 0) is 0 Å². The maximum absolute atomic E-state index is 2.37. The summed E-state index contributed by atoms with van der Waals surface area (Å²) in [5.74, 6) is 0.719. The van der Waals surface area contributed by atoms with E-state index in [2.05, 4.69) is 110 Å². The smallest absolute Gasteiger partial charge is 0.0199 e. The summed E-state index contributed by atoms with van der Waals surface area (Å²) < 4.78 is 0. The lowest BCUT2D eigenvalue weighted by Gasteiger charge is -2.36.